The number of ether oxygens (including phenoxy) is 2. The van der Waals surface area contributed by atoms with Crippen molar-refractivity contribution in [3.05, 3.63) is 34.4 Å². The van der Waals surface area contributed by atoms with Crippen LogP contribution in [0.1, 0.15) is 33.1 Å². The number of rotatable bonds is 8. The lowest BCUT2D eigenvalue weighted by atomic mass is 9.99. The number of nitro groups is 1. The maximum atomic E-state index is 12.0. The molecule has 1 aromatic rings. The summed E-state index contributed by atoms with van der Waals surface area (Å²) in [7, 11) is 0. The molecule has 136 valence electrons. The van der Waals surface area contributed by atoms with Crippen LogP contribution in [0.2, 0.25) is 0 Å². The smallest absolute Gasteiger partial charge is 0.309 e. The van der Waals surface area contributed by atoms with E-state index in [-0.39, 0.29) is 42.1 Å². The van der Waals surface area contributed by atoms with Gasteiger partial charge >= 0.3 is 5.97 Å². The highest BCUT2D eigenvalue weighted by Crippen LogP contribution is 2.26. The van der Waals surface area contributed by atoms with E-state index in [9.17, 15) is 19.7 Å². The van der Waals surface area contributed by atoms with Crippen LogP contribution < -0.4 is 5.32 Å². The van der Waals surface area contributed by atoms with E-state index < -0.39 is 4.92 Å². The maximum absolute atomic E-state index is 12.0. The molecule has 1 saturated heterocycles. The van der Waals surface area contributed by atoms with Crippen LogP contribution >= 0.6 is 0 Å². The second kappa shape index (κ2) is 8.57. The van der Waals surface area contributed by atoms with Crippen LogP contribution in [-0.2, 0) is 19.1 Å². The van der Waals surface area contributed by atoms with Crippen LogP contribution in [0.5, 0.6) is 0 Å². The van der Waals surface area contributed by atoms with Gasteiger partial charge in [0.15, 0.2) is 0 Å². The molecular formula is C17H22N2O6. The minimum atomic E-state index is -0.503. The lowest BCUT2D eigenvalue weighted by molar-refractivity contribution is -0.384. The molecule has 1 amide bonds. The molecule has 1 aromatic carbocycles. The monoisotopic (exact) mass is 350 g/mol. The quantitative estimate of drug-likeness (QED) is 0.439. The second-order valence-corrected chi connectivity index (χ2v) is 6.26. The topological polar surface area (TPSA) is 108 Å². The average Bonchev–Trinajstić information content (AvgIpc) is 2.91. The minimum absolute atomic E-state index is 0.0404. The van der Waals surface area contributed by atoms with E-state index in [4.69, 9.17) is 9.47 Å². The minimum Gasteiger partial charge on any atom is -0.460 e. The van der Waals surface area contributed by atoms with Crippen molar-refractivity contribution in [2.45, 2.75) is 45.3 Å². The molecule has 1 aliphatic rings. The highest BCUT2D eigenvalue weighted by atomic mass is 16.6. The van der Waals surface area contributed by atoms with Gasteiger partial charge < -0.3 is 14.8 Å². The molecular weight excluding hydrogens is 328 g/mol. The van der Waals surface area contributed by atoms with Gasteiger partial charge in [0.25, 0.3) is 5.69 Å². The Balaban J connectivity index is 1.76. The van der Waals surface area contributed by atoms with Gasteiger partial charge in [0.05, 0.1) is 23.6 Å². The number of carbonyl (C=O) groups is 2. The molecule has 0 bridgehead atoms. The molecule has 8 heteroatoms. The lowest BCUT2D eigenvalue weighted by Gasteiger charge is -2.12. The Bertz CT molecular complexity index is 629. The Morgan fingerprint density at radius 3 is 2.68 bits per heavy atom. The highest BCUT2D eigenvalue weighted by Gasteiger charge is 2.34. The summed E-state index contributed by atoms with van der Waals surface area (Å²) in [4.78, 5) is 33.9. The summed E-state index contributed by atoms with van der Waals surface area (Å²) >= 11 is 0. The molecule has 1 aliphatic heterocycles. The van der Waals surface area contributed by atoms with Crippen LogP contribution in [0.3, 0.4) is 0 Å². The highest BCUT2D eigenvalue weighted by molar-refractivity contribution is 5.91. The summed E-state index contributed by atoms with van der Waals surface area (Å²) < 4.78 is 10.7. The van der Waals surface area contributed by atoms with Gasteiger partial charge in [-0.15, -0.1) is 0 Å². The first-order valence-corrected chi connectivity index (χ1v) is 8.21. The molecule has 1 heterocycles. The Morgan fingerprint density at radius 1 is 1.40 bits per heavy atom. The van der Waals surface area contributed by atoms with E-state index in [2.05, 4.69) is 5.32 Å². The van der Waals surface area contributed by atoms with Gasteiger partial charge in [-0.1, -0.05) is 0 Å². The van der Waals surface area contributed by atoms with Gasteiger partial charge in [-0.3, -0.25) is 19.7 Å². The molecule has 2 atom stereocenters. The molecule has 0 spiro atoms. The van der Waals surface area contributed by atoms with Crippen molar-refractivity contribution in [1.29, 1.82) is 0 Å². The zero-order chi connectivity index (χ0) is 18.4. The molecule has 1 fully saturated rings. The van der Waals surface area contributed by atoms with Gasteiger partial charge in [-0.05, 0) is 38.8 Å². The van der Waals surface area contributed by atoms with E-state index >= 15 is 0 Å². The molecule has 0 aromatic heterocycles. The number of amides is 1. The fourth-order valence-corrected chi connectivity index (χ4v) is 2.55. The molecule has 0 saturated carbocycles. The van der Waals surface area contributed by atoms with Crippen molar-refractivity contribution in [3.8, 4) is 0 Å². The van der Waals surface area contributed by atoms with Gasteiger partial charge in [0.2, 0.25) is 5.91 Å². The molecule has 2 rings (SSSR count). The Hall–Kier alpha value is -2.48. The average molecular weight is 350 g/mol. The summed E-state index contributed by atoms with van der Waals surface area (Å²) in [5.74, 6) is -0.840. The fourth-order valence-electron chi connectivity index (χ4n) is 2.55. The number of anilines is 1. The number of hydrogen-bond acceptors (Lipinski definition) is 6. The number of cyclic esters (lactones) is 1. The summed E-state index contributed by atoms with van der Waals surface area (Å²) in [5.41, 5.74) is 0.439. The van der Waals surface area contributed by atoms with E-state index in [1.165, 1.54) is 24.3 Å². The van der Waals surface area contributed by atoms with Crippen molar-refractivity contribution in [3.63, 3.8) is 0 Å². The number of carbonyl (C=O) groups excluding carboxylic acids is 2. The zero-order valence-electron chi connectivity index (χ0n) is 14.3. The molecule has 25 heavy (non-hydrogen) atoms. The SMILES string of the molecule is CC(C)OC[C@@H]1C[C@H](CCC(=O)Nc2ccc([N+](=O)[O-])cc2)C(=O)O1. The molecule has 0 radical (unpaired) electrons. The number of hydrogen-bond donors (Lipinski definition) is 1. The summed E-state index contributed by atoms with van der Waals surface area (Å²) in [6, 6.07) is 5.59. The number of nitrogens with zero attached hydrogens (tertiary/aromatic N) is 1. The maximum Gasteiger partial charge on any atom is 0.309 e. The third kappa shape index (κ3) is 5.82. The van der Waals surface area contributed by atoms with E-state index in [0.29, 0.717) is 25.1 Å². The molecule has 1 N–H and O–H groups in total. The molecule has 0 aliphatic carbocycles. The van der Waals surface area contributed by atoms with Gasteiger partial charge in [-0.25, -0.2) is 0 Å². The van der Waals surface area contributed by atoms with E-state index in [1.54, 1.807) is 0 Å². The zero-order valence-corrected chi connectivity index (χ0v) is 14.3. The Labute approximate surface area is 145 Å². The van der Waals surface area contributed by atoms with Crippen molar-refractivity contribution in [2.24, 2.45) is 5.92 Å². The third-order valence-corrected chi connectivity index (χ3v) is 3.86. The van der Waals surface area contributed by atoms with Crippen molar-refractivity contribution in [1.82, 2.24) is 0 Å². The summed E-state index contributed by atoms with van der Waals surface area (Å²) in [5, 5.41) is 13.3. The summed E-state index contributed by atoms with van der Waals surface area (Å²) in [6.07, 6.45) is 0.948. The van der Waals surface area contributed by atoms with Crippen LogP contribution in [0.15, 0.2) is 24.3 Å². The first-order valence-electron chi connectivity index (χ1n) is 8.21. The van der Waals surface area contributed by atoms with Crippen LogP contribution in [0.4, 0.5) is 11.4 Å². The fraction of sp³-hybridized carbons (Fsp3) is 0.529. The number of nitro benzene ring substituents is 1. The van der Waals surface area contributed by atoms with Crippen molar-refractivity contribution in [2.75, 3.05) is 11.9 Å². The van der Waals surface area contributed by atoms with Crippen molar-refractivity contribution < 1.29 is 24.0 Å². The number of non-ortho nitro benzene ring substituents is 1. The predicted molar refractivity (Wildman–Crippen MR) is 90.0 cm³/mol. The second-order valence-electron chi connectivity index (χ2n) is 6.26. The Morgan fingerprint density at radius 2 is 2.08 bits per heavy atom. The van der Waals surface area contributed by atoms with Gasteiger partial charge in [-0.2, -0.15) is 0 Å². The molecule has 8 nitrogen and oxygen atoms in total. The van der Waals surface area contributed by atoms with E-state index in [0.717, 1.165) is 0 Å². The normalized spacial score (nSPS) is 19.7. The number of esters is 1. The third-order valence-electron chi connectivity index (χ3n) is 3.86. The summed E-state index contributed by atoms with van der Waals surface area (Å²) in [6.45, 7) is 4.20. The Kier molecular flexibility index (Phi) is 6.46. The van der Waals surface area contributed by atoms with Crippen LogP contribution in [0.25, 0.3) is 0 Å². The molecule has 0 unspecified atom stereocenters. The van der Waals surface area contributed by atoms with Gasteiger partial charge in [0, 0.05) is 24.2 Å². The first-order chi connectivity index (χ1) is 11.8. The van der Waals surface area contributed by atoms with Crippen molar-refractivity contribution >= 4 is 23.3 Å². The number of nitrogens with one attached hydrogen (secondary N) is 1. The van der Waals surface area contributed by atoms with Crippen LogP contribution in [0, 0.1) is 16.0 Å². The van der Waals surface area contributed by atoms with E-state index in [1.807, 2.05) is 13.8 Å². The van der Waals surface area contributed by atoms with Gasteiger partial charge in [0.1, 0.15) is 6.10 Å². The predicted octanol–water partition coefficient (Wildman–Crippen LogP) is 2.67. The van der Waals surface area contributed by atoms with Crippen LogP contribution in [-0.4, -0.2) is 35.6 Å². The first kappa shape index (κ1) is 18.9. The lowest BCUT2D eigenvalue weighted by Crippen LogP contribution is -2.18. The number of benzene rings is 1. The standard InChI is InChI=1S/C17H22N2O6/c1-11(2)24-10-15-9-12(17(21)25-15)3-8-16(20)18-13-4-6-14(7-5-13)19(22)23/h4-7,11-12,15H,3,8-10H2,1-2H3,(H,18,20)/t12-,15-/m0/s1. The largest absolute Gasteiger partial charge is 0.460 e.